The molecule has 1 unspecified atom stereocenters. The molecule has 0 radical (unpaired) electrons. The number of hydrogen-bond acceptors (Lipinski definition) is 1. The fraction of sp³-hybridized carbons (Fsp3) is 1.00. The predicted octanol–water partition coefficient (Wildman–Crippen LogP) is 3.19. The van der Waals surface area contributed by atoms with Crippen molar-refractivity contribution in [1.82, 2.24) is 0 Å². The first-order valence-electron chi connectivity index (χ1n) is 5.86. The van der Waals surface area contributed by atoms with Gasteiger partial charge in [0.25, 0.3) is 0 Å². The van der Waals surface area contributed by atoms with Crippen molar-refractivity contribution in [2.24, 2.45) is 23.0 Å². The molecule has 0 heterocycles. The van der Waals surface area contributed by atoms with Crippen LogP contribution in [-0.2, 0) is 0 Å². The molecule has 1 saturated carbocycles. The van der Waals surface area contributed by atoms with E-state index in [1.54, 1.807) is 0 Å². The number of nitrogens with two attached hydrogens (primary N) is 1. The summed E-state index contributed by atoms with van der Waals surface area (Å²) >= 11 is 0. The normalized spacial score (nSPS) is 21.9. The van der Waals surface area contributed by atoms with E-state index in [4.69, 9.17) is 5.73 Å². The van der Waals surface area contributed by atoms with E-state index in [2.05, 4.69) is 20.8 Å². The molecule has 0 bridgehead atoms. The van der Waals surface area contributed by atoms with Crippen LogP contribution in [0.2, 0.25) is 0 Å². The summed E-state index contributed by atoms with van der Waals surface area (Å²) < 4.78 is 0. The second kappa shape index (κ2) is 4.45. The van der Waals surface area contributed by atoms with Crippen molar-refractivity contribution in [1.29, 1.82) is 0 Å². The fourth-order valence-corrected chi connectivity index (χ4v) is 2.43. The lowest BCUT2D eigenvalue weighted by molar-refractivity contribution is 0.204. The van der Waals surface area contributed by atoms with Gasteiger partial charge in [0, 0.05) is 0 Å². The Morgan fingerprint density at radius 1 is 1.31 bits per heavy atom. The first-order valence-corrected chi connectivity index (χ1v) is 5.86. The van der Waals surface area contributed by atoms with Gasteiger partial charge in [-0.1, -0.05) is 33.6 Å². The van der Waals surface area contributed by atoms with Gasteiger partial charge in [-0.3, -0.25) is 0 Å². The molecule has 0 aromatic carbocycles. The molecule has 2 N–H and O–H groups in total. The maximum absolute atomic E-state index is 5.91. The van der Waals surface area contributed by atoms with Crippen molar-refractivity contribution in [3.63, 3.8) is 0 Å². The van der Waals surface area contributed by atoms with Crippen molar-refractivity contribution in [2.45, 2.75) is 52.9 Å². The van der Waals surface area contributed by atoms with Crippen LogP contribution in [0.5, 0.6) is 0 Å². The quantitative estimate of drug-likeness (QED) is 0.672. The Hall–Kier alpha value is -0.0400. The van der Waals surface area contributed by atoms with Crippen LogP contribution in [0.3, 0.4) is 0 Å². The molecule has 1 rings (SSSR count). The summed E-state index contributed by atoms with van der Waals surface area (Å²) in [7, 11) is 0. The molecule has 0 amide bonds. The van der Waals surface area contributed by atoms with E-state index in [0.717, 1.165) is 18.4 Å². The van der Waals surface area contributed by atoms with Crippen molar-refractivity contribution in [3.05, 3.63) is 0 Å². The van der Waals surface area contributed by atoms with E-state index in [1.165, 1.54) is 32.1 Å². The summed E-state index contributed by atoms with van der Waals surface area (Å²) in [5, 5.41) is 0. The first kappa shape index (κ1) is 11.0. The van der Waals surface area contributed by atoms with E-state index in [9.17, 15) is 0 Å². The van der Waals surface area contributed by atoms with Crippen LogP contribution in [0.4, 0.5) is 0 Å². The molecule has 1 nitrogen and oxygen atoms in total. The van der Waals surface area contributed by atoms with Gasteiger partial charge in [0.15, 0.2) is 0 Å². The molecule has 78 valence electrons. The Morgan fingerprint density at radius 2 is 1.85 bits per heavy atom. The Kier molecular flexibility index (Phi) is 3.78. The minimum absolute atomic E-state index is 0.455. The van der Waals surface area contributed by atoms with Gasteiger partial charge >= 0.3 is 0 Å². The molecule has 0 spiro atoms. The Bertz CT molecular complexity index is 147. The molecule has 0 saturated heterocycles. The molecule has 0 aromatic rings. The molecule has 1 heteroatoms. The van der Waals surface area contributed by atoms with Gasteiger partial charge in [-0.2, -0.15) is 0 Å². The maximum Gasteiger partial charge on any atom is -0.00204 e. The molecule has 13 heavy (non-hydrogen) atoms. The Morgan fingerprint density at radius 3 is 2.15 bits per heavy atom. The monoisotopic (exact) mass is 183 g/mol. The minimum Gasteiger partial charge on any atom is -0.330 e. The summed E-state index contributed by atoms with van der Waals surface area (Å²) in [5.74, 6) is 1.84. The second-order valence-electron chi connectivity index (χ2n) is 5.02. The lowest BCUT2D eigenvalue weighted by atomic mass is 9.75. The van der Waals surface area contributed by atoms with Crippen LogP contribution in [0.25, 0.3) is 0 Å². The van der Waals surface area contributed by atoms with Gasteiger partial charge < -0.3 is 5.73 Å². The summed E-state index contributed by atoms with van der Waals surface area (Å²) in [5.41, 5.74) is 6.36. The smallest absolute Gasteiger partial charge is 0.00204 e. The summed E-state index contributed by atoms with van der Waals surface area (Å²) in [6.07, 6.45) is 6.83. The van der Waals surface area contributed by atoms with Gasteiger partial charge in [0.05, 0.1) is 0 Å². The average Bonchev–Trinajstić information content (AvgIpc) is 2.97. The van der Waals surface area contributed by atoms with Crippen LogP contribution < -0.4 is 5.73 Å². The summed E-state index contributed by atoms with van der Waals surface area (Å²) in [6, 6.07) is 0. The predicted molar refractivity (Wildman–Crippen MR) is 58.6 cm³/mol. The highest BCUT2D eigenvalue weighted by Crippen LogP contribution is 2.48. The maximum atomic E-state index is 5.91. The van der Waals surface area contributed by atoms with Crippen molar-refractivity contribution in [3.8, 4) is 0 Å². The van der Waals surface area contributed by atoms with Gasteiger partial charge in [-0.05, 0) is 43.1 Å². The topological polar surface area (TPSA) is 26.0 Å². The largest absolute Gasteiger partial charge is 0.330 e. The highest BCUT2D eigenvalue weighted by atomic mass is 14.6. The lowest BCUT2D eigenvalue weighted by Crippen LogP contribution is -2.31. The highest BCUT2D eigenvalue weighted by Gasteiger charge is 2.40. The van der Waals surface area contributed by atoms with Gasteiger partial charge in [-0.15, -0.1) is 0 Å². The molecule has 0 aliphatic heterocycles. The zero-order valence-electron chi connectivity index (χ0n) is 9.47. The Labute approximate surface area is 83.1 Å². The summed E-state index contributed by atoms with van der Waals surface area (Å²) in [6.45, 7) is 7.88. The van der Waals surface area contributed by atoms with E-state index in [-0.39, 0.29) is 0 Å². The van der Waals surface area contributed by atoms with E-state index in [1.807, 2.05) is 0 Å². The van der Waals surface area contributed by atoms with Crippen LogP contribution in [0.1, 0.15) is 52.9 Å². The molecular formula is C12H25N. The highest BCUT2D eigenvalue weighted by molar-refractivity contribution is 4.92. The van der Waals surface area contributed by atoms with Gasteiger partial charge in [-0.25, -0.2) is 0 Å². The fourth-order valence-electron chi connectivity index (χ4n) is 2.43. The zero-order chi connectivity index (χ0) is 9.90. The van der Waals surface area contributed by atoms with Crippen molar-refractivity contribution < 1.29 is 0 Å². The number of rotatable bonds is 6. The van der Waals surface area contributed by atoms with E-state index in [0.29, 0.717) is 5.41 Å². The third-order valence-corrected chi connectivity index (χ3v) is 3.94. The van der Waals surface area contributed by atoms with E-state index >= 15 is 0 Å². The molecule has 1 aliphatic carbocycles. The molecule has 0 aromatic heterocycles. The zero-order valence-corrected chi connectivity index (χ0v) is 9.47. The van der Waals surface area contributed by atoms with Gasteiger partial charge in [0.2, 0.25) is 0 Å². The third kappa shape index (κ3) is 2.70. The Balaban J connectivity index is 2.45. The van der Waals surface area contributed by atoms with E-state index < -0.39 is 0 Å². The second-order valence-corrected chi connectivity index (χ2v) is 5.02. The molecule has 1 atom stereocenters. The SMILES string of the molecule is CCC(CC)CC(C)(CN)C1CC1. The van der Waals surface area contributed by atoms with Crippen LogP contribution in [-0.4, -0.2) is 6.54 Å². The van der Waals surface area contributed by atoms with Crippen LogP contribution in [0, 0.1) is 17.3 Å². The average molecular weight is 183 g/mol. The molecule has 1 aliphatic rings. The standard InChI is InChI=1S/C12H25N/c1-4-10(5-2)8-12(3,9-13)11-6-7-11/h10-11H,4-9,13H2,1-3H3. The molecular weight excluding hydrogens is 158 g/mol. The van der Waals surface area contributed by atoms with Crippen molar-refractivity contribution >= 4 is 0 Å². The molecule has 1 fully saturated rings. The van der Waals surface area contributed by atoms with Crippen molar-refractivity contribution in [2.75, 3.05) is 6.54 Å². The van der Waals surface area contributed by atoms with Gasteiger partial charge in [0.1, 0.15) is 0 Å². The number of hydrogen-bond donors (Lipinski definition) is 1. The summed E-state index contributed by atoms with van der Waals surface area (Å²) in [4.78, 5) is 0. The first-order chi connectivity index (χ1) is 6.16. The lowest BCUT2D eigenvalue weighted by Gasteiger charge is -2.31. The minimum atomic E-state index is 0.455. The third-order valence-electron chi connectivity index (χ3n) is 3.94. The van der Waals surface area contributed by atoms with Crippen LogP contribution in [0.15, 0.2) is 0 Å². The van der Waals surface area contributed by atoms with Crippen LogP contribution >= 0.6 is 0 Å².